The van der Waals surface area contributed by atoms with Gasteiger partial charge in [-0.1, -0.05) is 20.8 Å². The normalized spacial score (nSPS) is 23.9. The molecule has 1 aliphatic rings. The van der Waals surface area contributed by atoms with E-state index in [0.29, 0.717) is 30.9 Å². The molecule has 2 heterocycles. The second-order valence-corrected chi connectivity index (χ2v) is 5.64. The number of H-pyrrole nitrogens is 1. The Morgan fingerprint density at radius 1 is 1.58 bits per heavy atom. The van der Waals surface area contributed by atoms with Gasteiger partial charge in [0.25, 0.3) is 5.91 Å². The molecule has 0 saturated carbocycles. The third-order valence-corrected chi connectivity index (χ3v) is 3.76. The van der Waals surface area contributed by atoms with Crippen molar-refractivity contribution >= 4 is 11.6 Å². The fraction of sp³-hybridized carbons (Fsp3) is 0.692. The maximum atomic E-state index is 12.4. The minimum absolute atomic E-state index is 0.0856. The van der Waals surface area contributed by atoms with E-state index in [0.717, 1.165) is 5.69 Å². The van der Waals surface area contributed by atoms with E-state index in [4.69, 9.17) is 5.73 Å². The van der Waals surface area contributed by atoms with Crippen molar-refractivity contribution in [2.24, 2.45) is 5.92 Å². The van der Waals surface area contributed by atoms with Gasteiger partial charge in [-0.25, -0.2) is 0 Å². The summed E-state index contributed by atoms with van der Waals surface area (Å²) in [7, 11) is 0. The lowest BCUT2D eigenvalue weighted by Gasteiger charge is -2.34. The lowest BCUT2D eigenvalue weighted by molar-refractivity contribution is 0.0295. The van der Waals surface area contributed by atoms with Gasteiger partial charge < -0.3 is 15.7 Å². The summed E-state index contributed by atoms with van der Waals surface area (Å²) in [6.07, 6.45) is 0.278. The molecule has 2 rings (SSSR count). The highest BCUT2D eigenvalue weighted by atomic mass is 16.3. The quantitative estimate of drug-likeness (QED) is 0.743. The summed E-state index contributed by atoms with van der Waals surface area (Å²) < 4.78 is 0. The number of piperidine rings is 1. The van der Waals surface area contributed by atoms with E-state index in [1.54, 1.807) is 4.90 Å². The van der Waals surface area contributed by atoms with E-state index >= 15 is 0 Å². The molecule has 106 valence electrons. The van der Waals surface area contributed by atoms with E-state index in [-0.39, 0.29) is 23.8 Å². The first-order valence-corrected chi connectivity index (χ1v) is 6.72. The van der Waals surface area contributed by atoms with Crippen LogP contribution in [-0.4, -0.2) is 45.3 Å². The summed E-state index contributed by atoms with van der Waals surface area (Å²) >= 11 is 0. The Kier molecular flexibility index (Phi) is 3.80. The van der Waals surface area contributed by atoms with Gasteiger partial charge in [-0.05, 0) is 18.3 Å². The molecule has 0 bridgehead atoms. The highest BCUT2D eigenvalue weighted by molar-refractivity contribution is 5.97. The molecule has 2 atom stereocenters. The van der Waals surface area contributed by atoms with E-state index in [1.165, 1.54) is 0 Å². The third-order valence-electron chi connectivity index (χ3n) is 3.76. The van der Waals surface area contributed by atoms with Crippen LogP contribution in [0.3, 0.4) is 0 Å². The fourth-order valence-electron chi connectivity index (χ4n) is 2.43. The van der Waals surface area contributed by atoms with Crippen LogP contribution in [0.1, 0.15) is 49.3 Å². The Balaban J connectivity index is 2.16. The summed E-state index contributed by atoms with van der Waals surface area (Å²) in [5.41, 5.74) is 7.52. The molecule has 19 heavy (non-hydrogen) atoms. The topological polar surface area (TPSA) is 95.2 Å². The predicted octanol–water partition coefficient (Wildman–Crippen LogP) is 0.958. The van der Waals surface area contributed by atoms with Crippen LogP contribution < -0.4 is 5.73 Å². The number of likely N-dealkylation sites (tertiary alicyclic amines) is 1. The number of carbonyl (C=O) groups excluding carboxylic acids is 1. The van der Waals surface area contributed by atoms with Gasteiger partial charge in [0.2, 0.25) is 0 Å². The molecule has 1 aromatic heterocycles. The molecule has 0 spiro atoms. The van der Waals surface area contributed by atoms with Crippen molar-refractivity contribution in [1.29, 1.82) is 0 Å². The van der Waals surface area contributed by atoms with Crippen molar-refractivity contribution in [1.82, 2.24) is 15.1 Å². The Morgan fingerprint density at radius 2 is 2.26 bits per heavy atom. The standard InChI is InChI=1S/C13H22N4O2/c1-7(2)11-10(14)12(16-15-11)13(19)17-5-4-9(18)8(3)6-17/h7-9,18H,4-6,14H2,1-3H3,(H,15,16). The number of aromatic amines is 1. The summed E-state index contributed by atoms with van der Waals surface area (Å²) in [6.45, 7) is 7.03. The predicted molar refractivity (Wildman–Crippen MR) is 72.8 cm³/mol. The minimum Gasteiger partial charge on any atom is -0.395 e. The van der Waals surface area contributed by atoms with Gasteiger partial charge in [0.1, 0.15) is 0 Å². The summed E-state index contributed by atoms with van der Waals surface area (Å²) in [5.74, 6) is 0.137. The van der Waals surface area contributed by atoms with Crippen molar-refractivity contribution < 1.29 is 9.90 Å². The van der Waals surface area contributed by atoms with Gasteiger partial charge in [0.15, 0.2) is 5.69 Å². The number of aromatic nitrogens is 2. The van der Waals surface area contributed by atoms with E-state index in [2.05, 4.69) is 10.2 Å². The lowest BCUT2D eigenvalue weighted by atomic mass is 9.96. The van der Waals surface area contributed by atoms with Crippen LogP contribution in [0.25, 0.3) is 0 Å². The van der Waals surface area contributed by atoms with Gasteiger partial charge in [0.05, 0.1) is 17.5 Å². The molecule has 1 saturated heterocycles. The van der Waals surface area contributed by atoms with Crippen LogP contribution in [0.2, 0.25) is 0 Å². The van der Waals surface area contributed by atoms with E-state index in [1.807, 2.05) is 20.8 Å². The monoisotopic (exact) mass is 266 g/mol. The highest BCUT2D eigenvalue weighted by Crippen LogP contribution is 2.25. The zero-order chi connectivity index (χ0) is 14.2. The van der Waals surface area contributed by atoms with Crippen LogP contribution >= 0.6 is 0 Å². The second-order valence-electron chi connectivity index (χ2n) is 5.64. The first kappa shape index (κ1) is 13.9. The van der Waals surface area contributed by atoms with Crippen LogP contribution in [0.5, 0.6) is 0 Å². The molecule has 1 aliphatic heterocycles. The first-order chi connectivity index (χ1) is 8.91. The van der Waals surface area contributed by atoms with Gasteiger partial charge in [-0.15, -0.1) is 0 Å². The van der Waals surface area contributed by atoms with Crippen molar-refractivity contribution in [3.8, 4) is 0 Å². The average Bonchev–Trinajstić information content (AvgIpc) is 2.74. The largest absolute Gasteiger partial charge is 0.395 e. The summed E-state index contributed by atoms with van der Waals surface area (Å²) in [4.78, 5) is 14.1. The number of nitrogens with zero attached hydrogens (tertiary/aromatic N) is 2. The number of aliphatic hydroxyl groups excluding tert-OH is 1. The molecule has 2 unspecified atom stereocenters. The number of nitrogens with one attached hydrogen (secondary N) is 1. The Morgan fingerprint density at radius 3 is 2.79 bits per heavy atom. The Hall–Kier alpha value is -1.56. The number of aliphatic hydroxyl groups is 1. The molecule has 0 radical (unpaired) electrons. The molecule has 1 amide bonds. The number of amides is 1. The number of hydrogen-bond acceptors (Lipinski definition) is 4. The number of nitrogens with two attached hydrogens (primary N) is 1. The molecule has 6 nitrogen and oxygen atoms in total. The van der Waals surface area contributed by atoms with Crippen molar-refractivity contribution in [2.45, 2.75) is 39.2 Å². The van der Waals surface area contributed by atoms with Gasteiger partial charge >= 0.3 is 0 Å². The summed E-state index contributed by atoms with van der Waals surface area (Å²) in [6, 6.07) is 0. The molecule has 0 aromatic carbocycles. The average molecular weight is 266 g/mol. The number of anilines is 1. The Bertz CT molecular complexity index is 469. The minimum atomic E-state index is -0.327. The Labute approximate surface area is 113 Å². The second kappa shape index (κ2) is 5.21. The SMILES string of the molecule is CC(C)c1[nH]nc(C(=O)N2CCC(O)C(C)C2)c1N. The first-order valence-electron chi connectivity index (χ1n) is 6.72. The maximum absolute atomic E-state index is 12.4. The molecular weight excluding hydrogens is 244 g/mol. The third kappa shape index (κ3) is 2.58. The lowest BCUT2D eigenvalue weighted by Crippen LogP contribution is -2.45. The van der Waals surface area contributed by atoms with Crippen molar-refractivity contribution in [3.63, 3.8) is 0 Å². The van der Waals surface area contributed by atoms with Crippen LogP contribution in [0, 0.1) is 5.92 Å². The highest BCUT2D eigenvalue weighted by Gasteiger charge is 2.30. The zero-order valence-electron chi connectivity index (χ0n) is 11.7. The van der Waals surface area contributed by atoms with Crippen molar-refractivity contribution in [2.75, 3.05) is 18.8 Å². The van der Waals surface area contributed by atoms with Crippen LogP contribution in [0.15, 0.2) is 0 Å². The van der Waals surface area contributed by atoms with E-state index in [9.17, 15) is 9.90 Å². The molecule has 6 heteroatoms. The van der Waals surface area contributed by atoms with Crippen LogP contribution in [0.4, 0.5) is 5.69 Å². The van der Waals surface area contributed by atoms with Gasteiger partial charge in [0, 0.05) is 13.1 Å². The van der Waals surface area contributed by atoms with E-state index < -0.39 is 0 Å². The van der Waals surface area contributed by atoms with Crippen LogP contribution in [-0.2, 0) is 0 Å². The molecule has 0 aliphatic carbocycles. The summed E-state index contributed by atoms with van der Waals surface area (Å²) in [5, 5.41) is 16.6. The number of rotatable bonds is 2. The fourth-order valence-corrected chi connectivity index (χ4v) is 2.43. The number of hydrogen-bond donors (Lipinski definition) is 3. The maximum Gasteiger partial charge on any atom is 0.276 e. The van der Waals surface area contributed by atoms with Gasteiger partial charge in [-0.3, -0.25) is 9.89 Å². The molecule has 1 aromatic rings. The number of carbonyl (C=O) groups is 1. The van der Waals surface area contributed by atoms with Gasteiger partial charge in [-0.2, -0.15) is 5.10 Å². The molecule has 4 N–H and O–H groups in total. The van der Waals surface area contributed by atoms with Crippen molar-refractivity contribution in [3.05, 3.63) is 11.4 Å². The number of nitrogen functional groups attached to an aromatic ring is 1. The molecular formula is C13H22N4O2. The molecule has 1 fully saturated rings. The smallest absolute Gasteiger partial charge is 0.276 e. The zero-order valence-corrected chi connectivity index (χ0v) is 11.7.